The minimum atomic E-state index is -1.10. The Bertz CT molecular complexity index is 635. The highest BCUT2D eigenvalue weighted by atomic mass is 16.5. The van der Waals surface area contributed by atoms with Crippen molar-refractivity contribution in [2.24, 2.45) is 0 Å². The van der Waals surface area contributed by atoms with Crippen LogP contribution in [-0.4, -0.2) is 16.1 Å². The minimum absolute atomic E-state index is 0.0799. The molecule has 0 aliphatic carbocycles. The Morgan fingerprint density at radius 3 is 2.65 bits per heavy atom. The monoisotopic (exact) mass is 271 g/mol. The number of ether oxygens (including phenoxy) is 1. The number of nitrogens with zero attached hydrogens (tertiary/aromatic N) is 1. The number of rotatable bonds is 4. The van der Waals surface area contributed by atoms with Crippen molar-refractivity contribution in [2.45, 2.75) is 26.7 Å². The van der Waals surface area contributed by atoms with Gasteiger partial charge in [0.15, 0.2) is 11.4 Å². The zero-order valence-electron chi connectivity index (χ0n) is 11.8. The summed E-state index contributed by atoms with van der Waals surface area (Å²) < 4.78 is 5.80. The summed E-state index contributed by atoms with van der Waals surface area (Å²) in [4.78, 5) is 15.0. The van der Waals surface area contributed by atoms with Gasteiger partial charge in [0.05, 0.1) is 0 Å². The van der Waals surface area contributed by atoms with Gasteiger partial charge in [0.25, 0.3) is 0 Å². The molecule has 0 spiro atoms. The summed E-state index contributed by atoms with van der Waals surface area (Å²) in [7, 11) is 0. The van der Waals surface area contributed by atoms with E-state index in [-0.39, 0.29) is 17.4 Å². The summed E-state index contributed by atoms with van der Waals surface area (Å²) in [6, 6.07) is 9.21. The van der Waals surface area contributed by atoms with Crippen LogP contribution >= 0.6 is 0 Å². The average Bonchev–Trinajstić information content (AvgIpc) is 2.38. The molecular formula is C16H17NO3. The fourth-order valence-electron chi connectivity index (χ4n) is 1.96. The average molecular weight is 271 g/mol. The number of carboxylic acids is 1. The second-order valence-electron chi connectivity index (χ2n) is 4.95. The lowest BCUT2D eigenvalue weighted by Crippen LogP contribution is -2.04. The molecule has 0 unspecified atom stereocenters. The first-order chi connectivity index (χ1) is 9.49. The molecule has 4 nitrogen and oxygen atoms in total. The molecule has 0 amide bonds. The largest absolute Gasteiger partial charge is 0.476 e. The van der Waals surface area contributed by atoms with Crippen molar-refractivity contribution in [2.75, 3.05) is 0 Å². The lowest BCUT2D eigenvalue weighted by Gasteiger charge is -2.15. The molecule has 20 heavy (non-hydrogen) atoms. The second kappa shape index (κ2) is 5.74. The van der Waals surface area contributed by atoms with E-state index in [9.17, 15) is 4.79 Å². The van der Waals surface area contributed by atoms with Gasteiger partial charge in [-0.2, -0.15) is 0 Å². The van der Waals surface area contributed by atoms with E-state index >= 15 is 0 Å². The van der Waals surface area contributed by atoms with Gasteiger partial charge in [0.2, 0.25) is 0 Å². The van der Waals surface area contributed by atoms with E-state index < -0.39 is 5.97 Å². The van der Waals surface area contributed by atoms with Crippen LogP contribution < -0.4 is 4.74 Å². The molecule has 1 aromatic heterocycles. The predicted octanol–water partition coefficient (Wildman–Crippen LogP) is 4.00. The molecule has 0 saturated heterocycles. The number of aromatic nitrogens is 1. The Morgan fingerprint density at radius 2 is 2.00 bits per heavy atom. The van der Waals surface area contributed by atoms with Crippen LogP contribution in [0.1, 0.15) is 41.4 Å². The van der Waals surface area contributed by atoms with Gasteiger partial charge in [-0.05, 0) is 42.2 Å². The number of hydrogen-bond acceptors (Lipinski definition) is 3. The van der Waals surface area contributed by atoms with Crippen molar-refractivity contribution in [1.29, 1.82) is 0 Å². The maximum atomic E-state index is 11.2. The van der Waals surface area contributed by atoms with Gasteiger partial charge in [0, 0.05) is 6.20 Å². The normalized spacial score (nSPS) is 10.6. The van der Waals surface area contributed by atoms with Crippen LogP contribution in [0, 0.1) is 6.92 Å². The molecule has 1 aromatic carbocycles. The Morgan fingerprint density at radius 1 is 1.25 bits per heavy atom. The molecule has 4 heteroatoms. The summed E-state index contributed by atoms with van der Waals surface area (Å²) in [6.07, 6.45) is 1.44. The van der Waals surface area contributed by atoms with E-state index in [0.29, 0.717) is 5.75 Å². The van der Waals surface area contributed by atoms with E-state index in [4.69, 9.17) is 9.84 Å². The molecule has 0 fully saturated rings. The number of aromatic carboxylic acids is 1. The standard InChI is InChI=1S/C16H17NO3/c1-10(2)12-7-6-11(3)9-14(12)20-13-5-4-8-17-15(13)16(18)19/h4-10H,1-3H3,(H,18,19). The van der Waals surface area contributed by atoms with Gasteiger partial charge in [-0.3, -0.25) is 0 Å². The van der Waals surface area contributed by atoms with E-state index in [2.05, 4.69) is 18.8 Å². The van der Waals surface area contributed by atoms with Crippen molar-refractivity contribution >= 4 is 5.97 Å². The topological polar surface area (TPSA) is 59.4 Å². The molecule has 2 aromatic rings. The lowest BCUT2D eigenvalue weighted by molar-refractivity contribution is 0.0687. The maximum absolute atomic E-state index is 11.2. The van der Waals surface area contributed by atoms with E-state index in [1.165, 1.54) is 6.20 Å². The zero-order valence-corrected chi connectivity index (χ0v) is 11.8. The zero-order chi connectivity index (χ0) is 14.7. The van der Waals surface area contributed by atoms with Gasteiger partial charge in [-0.25, -0.2) is 9.78 Å². The van der Waals surface area contributed by atoms with Crippen LogP contribution in [0.25, 0.3) is 0 Å². The van der Waals surface area contributed by atoms with Gasteiger partial charge in [0.1, 0.15) is 5.75 Å². The fourth-order valence-corrected chi connectivity index (χ4v) is 1.96. The molecule has 0 saturated carbocycles. The number of carboxylic acid groups (broad SMARTS) is 1. The van der Waals surface area contributed by atoms with E-state index in [1.807, 2.05) is 25.1 Å². The van der Waals surface area contributed by atoms with Crippen molar-refractivity contribution in [3.8, 4) is 11.5 Å². The molecule has 1 N–H and O–H groups in total. The molecule has 0 aliphatic rings. The highest BCUT2D eigenvalue weighted by Gasteiger charge is 2.15. The Balaban J connectivity index is 2.45. The molecule has 0 aliphatic heterocycles. The lowest BCUT2D eigenvalue weighted by atomic mass is 10.0. The van der Waals surface area contributed by atoms with Gasteiger partial charge in [-0.1, -0.05) is 26.0 Å². The van der Waals surface area contributed by atoms with Crippen molar-refractivity contribution < 1.29 is 14.6 Å². The Labute approximate surface area is 118 Å². The van der Waals surface area contributed by atoms with Crippen molar-refractivity contribution in [1.82, 2.24) is 4.98 Å². The van der Waals surface area contributed by atoms with Crippen LogP contribution in [0.4, 0.5) is 0 Å². The summed E-state index contributed by atoms with van der Waals surface area (Å²) in [5, 5.41) is 9.13. The van der Waals surface area contributed by atoms with Crippen molar-refractivity contribution in [3.05, 3.63) is 53.3 Å². The summed E-state index contributed by atoms with van der Waals surface area (Å²) >= 11 is 0. The van der Waals surface area contributed by atoms with Crippen LogP contribution in [0.3, 0.4) is 0 Å². The van der Waals surface area contributed by atoms with E-state index in [1.54, 1.807) is 12.1 Å². The number of pyridine rings is 1. The minimum Gasteiger partial charge on any atom is -0.476 e. The first kappa shape index (κ1) is 14.1. The summed E-state index contributed by atoms with van der Waals surface area (Å²) in [6.45, 7) is 6.11. The second-order valence-corrected chi connectivity index (χ2v) is 4.95. The third-order valence-electron chi connectivity index (χ3n) is 2.98. The van der Waals surface area contributed by atoms with Crippen LogP contribution in [0.2, 0.25) is 0 Å². The molecule has 0 bridgehead atoms. The summed E-state index contributed by atoms with van der Waals surface area (Å²) in [5.41, 5.74) is 2.02. The first-order valence-electron chi connectivity index (χ1n) is 6.45. The van der Waals surface area contributed by atoms with Crippen LogP contribution in [0.15, 0.2) is 36.5 Å². The van der Waals surface area contributed by atoms with Gasteiger partial charge >= 0.3 is 5.97 Å². The number of benzene rings is 1. The number of carbonyl (C=O) groups is 1. The smallest absolute Gasteiger partial charge is 0.358 e. The third-order valence-corrected chi connectivity index (χ3v) is 2.98. The van der Waals surface area contributed by atoms with E-state index in [0.717, 1.165) is 11.1 Å². The quantitative estimate of drug-likeness (QED) is 0.912. The summed E-state index contributed by atoms with van der Waals surface area (Å²) in [5.74, 6) is 0.123. The number of hydrogen-bond donors (Lipinski definition) is 1. The van der Waals surface area contributed by atoms with Crippen LogP contribution in [0.5, 0.6) is 11.5 Å². The van der Waals surface area contributed by atoms with Gasteiger partial charge in [-0.15, -0.1) is 0 Å². The highest BCUT2D eigenvalue weighted by Crippen LogP contribution is 2.32. The Kier molecular flexibility index (Phi) is 4.03. The highest BCUT2D eigenvalue weighted by molar-refractivity contribution is 5.88. The fraction of sp³-hybridized carbons (Fsp3) is 0.250. The first-order valence-corrected chi connectivity index (χ1v) is 6.45. The maximum Gasteiger partial charge on any atom is 0.358 e. The molecule has 2 rings (SSSR count). The van der Waals surface area contributed by atoms with Gasteiger partial charge < -0.3 is 9.84 Å². The molecule has 104 valence electrons. The predicted molar refractivity (Wildman–Crippen MR) is 76.5 cm³/mol. The molecular weight excluding hydrogens is 254 g/mol. The molecule has 1 heterocycles. The van der Waals surface area contributed by atoms with Crippen LogP contribution in [-0.2, 0) is 0 Å². The molecule has 0 atom stereocenters. The Hall–Kier alpha value is -2.36. The molecule has 0 radical (unpaired) electrons. The number of aryl methyl sites for hydroxylation is 1. The SMILES string of the molecule is Cc1ccc(C(C)C)c(Oc2cccnc2C(=O)O)c1. The third kappa shape index (κ3) is 2.96. The van der Waals surface area contributed by atoms with Crippen molar-refractivity contribution in [3.63, 3.8) is 0 Å².